The molecule has 0 spiro atoms. The highest BCUT2D eigenvalue weighted by Gasteiger charge is 2.21. The fourth-order valence-electron chi connectivity index (χ4n) is 1.71. The Morgan fingerprint density at radius 2 is 2.11 bits per heavy atom. The van der Waals surface area contributed by atoms with Gasteiger partial charge in [0.05, 0.1) is 22.7 Å². The highest BCUT2D eigenvalue weighted by molar-refractivity contribution is 7.84. The van der Waals surface area contributed by atoms with Crippen LogP contribution in [0.4, 0.5) is 0 Å². The molecule has 100 valence electrons. The van der Waals surface area contributed by atoms with Gasteiger partial charge in [-0.1, -0.05) is 13.8 Å². The maximum absolute atomic E-state index is 12.2. The first-order valence-corrected chi connectivity index (χ1v) is 7.52. The van der Waals surface area contributed by atoms with E-state index in [9.17, 15) is 4.21 Å². The molecule has 0 saturated heterocycles. The van der Waals surface area contributed by atoms with E-state index in [2.05, 4.69) is 9.97 Å². The third kappa shape index (κ3) is 2.81. The lowest BCUT2D eigenvalue weighted by atomic mass is 10.3. The van der Waals surface area contributed by atoms with E-state index in [1.165, 1.54) is 0 Å². The number of aromatic nitrogens is 2. The van der Waals surface area contributed by atoms with E-state index in [0.29, 0.717) is 22.3 Å². The van der Waals surface area contributed by atoms with E-state index in [4.69, 9.17) is 4.74 Å². The molecule has 0 aliphatic carbocycles. The van der Waals surface area contributed by atoms with Crippen LogP contribution in [0.1, 0.15) is 25.0 Å². The normalized spacial score (nSPS) is 16.1. The zero-order chi connectivity index (χ0) is 13.8. The molecule has 3 rings (SSSR count). The zero-order valence-electron chi connectivity index (χ0n) is 11.2. The predicted octanol–water partition coefficient (Wildman–Crippen LogP) is 3.22. The van der Waals surface area contributed by atoms with Crippen molar-refractivity contribution in [2.75, 3.05) is 0 Å². The standard InChI is InChI=1S/C12H10N2O2S.C2H6/c1-8-4-11-12(14-5-8)16-10-6-13-3-2-9(10)7-17(11)15;1-2/h2-6H,7H2,1H3;1-2H3. The molecule has 0 amide bonds. The summed E-state index contributed by atoms with van der Waals surface area (Å²) in [4.78, 5) is 8.84. The molecule has 4 nitrogen and oxygen atoms in total. The average Bonchev–Trinajstić information content (AvgIpc) is 2.58. The third-order valence-electron chi connectivity index (χ3n) is 2.56. The summed E-state index contributed by atoms with van der Waals surface area (Å²) in [6, 6.07) is 3.68. The Hall–Kier alpha value is -1.75. The first kappa shape index (κ1) is 13.7. The van der Waals surface area contributed by atoms with Crippen molar-refractivity contribution in [2.24, 2.45) is 0 Å². The summed E-state index contributed by atoms with van der Waals surface area (Å²) < 4.78 is 17.9. The van der Waals surface area contributed by atoms with Crippen LogP contribution in [0.3, 0.4) is 0 Å². The third-order valence-corrected chi connectivity index (χ3v) is 3.92. The van der Waals surface area contributed by atoms with Crippen LogP contribution >= 0.6 is 0 Å². The van der Waals surface area contributed by atoms with Gasteiger partial charge in [0.1, 0.15) is 4.90 Å². The summed E-state index contributed by atoms with van der Waals surface area (Å²) in [6.45, 7) is 5.92. The van der Waals surface area contributed by atoms with Gasteiger partial charge in [0.25, 0.3) is 0 Å². The number of hydrogen-bond donors (Lipinski definition) is 0. The van der Waals surface area contributed by atoms with Crippen LogP contribution in [0, 0.1) is 6.92 Å². The molecule has 0 saturated carbocycles. The molecule has 0 radical (unpaired) electrons. The molecule has 3 heterocycles. The van der Waals surface area contributed by atoms with Crippen molar-refractivity contribution in [3.05, 3.63) is 41.9 Å². The molecule has 0 fully saturated rings. The smallest absolute Gasteiger partial charge is 0.235 e. The van der Waals surface area contributed by atoms with Gasteiger partial charge < -0.3 is 4.74 Å². The Morgan fingerprint density at radius 3 is 2.89 bits per heavy atom. The van der Waals surface area contributed by atoms with Crippen LogP contribution < -0.4 is 4.74 Å². The fraction of sp³-hybridized carbons (Fsp3) is 0.286. The first-order chi connectivity index (χ1) is 9.24. The maximum Gasteiger partial charge on any atom is 0.235 e. The highest BCUT2D eigenvalue weighted by Crippen LogP contribution is 2.33. The van der Waals surface area contributed by atoms with Gasteiger partial charge in [0.15, 0.2) is 5.75 Å². The number of fused-ring (bicyclic) bond motifs is 2. The molecule has 19 heavy (non-hydrogen) atoms. The van der Waals surface area contributed by atoms with Crippen molar-refractivity contribution in [1.82, 2.24) is 9.97 Å². The molecule has 1 aliphatic rings. The van der Waals surface area contributed by atoms with Crippen LogP contribution in [-0.2, 0) is 16.6 Å². The van der Waals surface area contributed by atoms with Crippen LogP contribution in [-0.4, -0.2) is 14.2 Å². The summed E-state index contributed by atoms with van der Waals surface area (Å²) in [7, 11) is -1.12. The predicted molar refractivity (Wildman–Crippen MR) is 74.7 cm³/mol. The van der Waals surface area contributed by atoms with Crippen LogP contribution in [0.15, 0.2) is 35.6 Å². The second-order valence-electron chi connectivity index (χ2n) is 3.89. The largest absolute Gasteiger partial charge is 0.436 e. The molecule has 0 N–H and O–H groups in total. The molecule has 1 aliphatic heterocycles. The SMILES string of the molecule is CC.Cc1cnc2c(c1)S(=O)Cc1ccncc1O2. The van der Waals surface area contributed by atoms with Crippen molar-refractivity contribution in [3.8, 4) is 11.6 Å². The lowest BCUT2D eigenvalue weighted by Crippen LogP contribution is -1.96. The Bertz CT molecular complexity index is 614. The van der Waals surface area contributed by atoms with Crippen molar-refractivity contribution >= 4 is 10.8 Å². The maximum atomic E-state index is 12.2. The number of aryl methyl sites for hydroxylation is 1. The van der Waals surface area contributed by atoms with Crippen LogP contribution in [0.25, 0.3) is 0 Å². The van der Waals surface area contributed by atoms with Crippen LogP contribution in [0.2, 0.25) is 0 Å². The molecule has 2 aromatic heterocycles. The average molecular weight is 276 g/mol. The van der Waals surface area contributed by atoms with E-state index >= 15 is 0 Å². The molecule has 0 aromatic carbocycles. The minimum absolute atomic E-state index is 0.417. The second kappa shape index (κ2) is 5.93. The summed E-state index contributed by atoms with van der Waals surface area (Å²) in [5.74, 6) is 1.49. The van der Waals surface area contributed by atoms with Gasteiger partial charge in [-0.2, -0.15) is 0 Å². The molecule has 1 atom stereocenters. The van der Waals surface area contributed by atoms with Gasteiger partial charge >= 0.3 is 0 Å². The van der Waals surface area contributed by atoms with Gasteiger partial charge in [-0.05, 0) is 24.6 Å². The molecule has 1 unspecified atom stereocenters. The van der Waals surface area contributed by atoms with Crippen LogP contribution in [0.5, 0.6) is 11.6 Å². The molecule has 0 bridgehead atoms. The van der Waals surface area contributed by atoms with Gasteiger partial charge in [0, 0.05) is 18.0 Å². The Kier molecular flexibility index (Phi) is 4.27. The van der Waals surface area contributed by atoms with E-state index in [-0.39, 0.29) is 0 Å². The van der Waals surface area contributed by atoms with Gasteiger partial charge in [-0.15, -0.1) is 0 Å². The van der Waals surface area contributed by atoms with E-state index < -0.39 is 10.8 Å². The summed E-state index contributed by atoms with van der Waals surface area (Å²) in [5.41, 5.74) is 1.87. The van der Waals surface area contributed by atoms with Crippen molar-refractivity contribution in [1.29, 1.82) is 0 Å². The van der Waals surface area contributed by atoms with E-state index in [0.717, 1.165) is 11.1 Å². The van der Waals surface area contributed by atoms with Crippen molar-refractivity contribution in [3.63, 3.8) is 0 Å². The van der Waals surface area contributed by atoms with Crippen molar-refractivity contribution < 1.29 is 8.95 Å². The number of ether oxygens (including phenoxy) is 1. The van der Waals surface area contributed by atoms with E-state index in [1.54, 1.807) is 18.6 Å². The lowest BCUT2D eigenvalue weighted by molar-refractivity contribution is 0.446. The Balaban J connectivity index is 0.000000637. The molecular weight excluding hydrogens is 260 g/mol. The number of hydrogen-bond acceptors (Lipinski definition) is 4. The minimum Gasteiger partial charge on any atom is -0.436 e. The second-order valence-corrected chi connectivity index (χ2v) is 5.31. The first-order valence-electron chi connectivity index (χ1n) is 6.20. The van der Waals surface area contributed by atoms with E-state index in [1.807, 2.05) is 32.9 Å². The number of pyridine rings is 2. The Morgan fingerprint density at radius 1 is 1.32 bits per heavy atom. The van der Waals surface area contributed by atoms with Gasteiger partial charge in [-0.3, -0.25) is 9.19 Å². The molecule has 5 heteroatoms. The fourth-order valence-corrected chi connectivity index (χ4v) is 3.00. The summed E-state index contributed by atoms with van der Waals surface area (Å²) >= 11 is 0. The highest BCUT2D eigenvalue weighted by atomic mass is 32.2. The number of nitrogens with zero attached hydrogens (tertiary/aromatic N) is 2. The number of rotatable bonds is 0. The van der Waals surface area contributed by atoms with Gasteiger partial charge in [0.2, 0.25) is 5.88 Å². The molecular formula is C14H16N2O2S. The Labute approximate surface area is 115 Å². The monoisotopic (exact) mass is 276 g/mol. The summed E-state index contributed by atoms with van der Waals surface area (Å²) in [6.07, 6.45) is 5.01. The topological polar surface area (TPSA) is 52.1 Å². The quantitative estimate of drug-likeness (QED) is 0.741. The zero-order valence-corrected chi connectivity index (χ0v) is 12.0. The minimum atomic E-state index is -1.12. The molecule has 2 aromatic rings. The lowest BCUT2D eigenvalue weighted by Gasteiger charge is -2.05. The van der Waals surface area contributed by atoms with Gasteiger partial charge in [-0.25, -0.2) is 4.98 Å². The summed E-state index contributed by atoms with van der Waals surface area (Å²) in [5, 5.41) is 0. The van der Waals surface area contributed by atoms with Crippen molar-refractivity contribution in [2.45, 2.75) is 31.4 Å².